The lowest BCUT2D eigenvalue weighted by atomic mass is 10.4. The molecule has 0 aromatic rings. The van der Waals surface area contributed by atoms with Crippen LogP contribution in [-0.2, 0) is 14.3 Å². The molecule has 0 saturated heterocycles. The average molecular weight is 178 g/mol. The number of ether oxygens (including phenoxy) is 2. The van der Waals surface area contributed by atoms with Gasteiger partial charge in [0.05, 0.1) is 26.2 Å². The third-order valence-electron chi connectivity index (χ3n) is 1.22. The normalized spacial score (nSPS) is 10.3. The molecule has 0 amide bonds. The molecule has 0 heterocycles. The maximum absolute atomic E-state index is 10.8. The van der Waals surface area contributed by atoms with Crippen LogP contribution in [0.15, 0.2) is 0 Å². The van der Waals surface area contributed by atoms with Crippen molar-refractivity contribution in [3.8, 4) is 0 Å². The Morgan fingerprint density at radius 3 is 2.42 bits per heavy atom. The Bertz CT molecular complexity index is 121. The third-order valence-corrected chi connectivity index (χ3v) is 1.22. The first-order valence-corrected chi connectivity index (χ1v) is 3.64. The fourth-order valence-corrected chi connectivity index (χ4v) is 0.562. The van der Waals surface area contributed by atoms with E-state index >= 15 is 0 Å². The van der Waals surface area contributed by atoms with Crippen molar-refractivity contribution < 1.29 is 24.5 Å². The van der Waals surface area contributed by atoms with E-state index in [0.29, 0.717) is 0 Å². The van der Waals surface area contributed by atoms with Crippen LogP contribution < -0.4 is 0 Å². The SMILES string of the molecule is COCCC(=O)OC(CO)CO. The van der Waals surface area contributed by atoms with Gasteiger partial charge in [0.25, 0.3) is 0 Å². The van der Waals surface area contributed by atoms with Crippen LogP contribution in [0.3, 0.4) is 0 Å². The van der Waals surface area contributed by atoms with E-state index in [9.17, 15) is 4.79 Å². The molecule has 0 atom stereocenters. The van der Waals surface area contributed by atoms with E-state index in [2.05, 4.69) is 9.47 Å². The Balaban J connectivity index is 3.52. The van der Waals surface area contributed by atoms with Gasteiger partial charge in [-0.25, -0.2) is 0 Å². The number of esters is 1. The van der Waals surface area contributed by atoms with Gasteiger partial charge >= 0.3 is 5.97 Å². The zero-order valence-corrected chi connectivity index (χ0v) is 7.02. The first-order chi connectivity index (χ1) is 5.74. The van der Waals surface area contributed by atoms with Gasteiger partial charge in [0, 0.05) is 7.11 Å². The van der Waals surface area contributed by atoms with E-state index in [-0.39, 0.29) is 26.2 Å². The van der Waals surface area contributed by atoms with Crippen molar-refractivity contribution >= 4 is 5.97 Å². The minimum atomic E-state index is -0.811. The summed E-state index contributed by atoms with van der Waals surface area (Å²) in [5.74, 6) is -0.482. The molecule has 0 fully saturated rings. The molecule has 0 rings (SSSR count). The van der Waals surface area contributed by atoms with E-state index in [1.165, 1.54) is 7.11 Å². The van der Waals surface area contributed by atoms with Crippen molar-refractivity contribution in [2.45, 2.75) is 12.5 Å². The molecule has 0 bridgehead atoms. The number of carbonyl (C=O) groups is 1. The van der Waals surface area contributed by atoms with E-state index in [1.54, 1.807) is 0 Å². The molecule has 0 unspecified atom stereocenters. The Hall–Kier alpha value is -0.650. The van der Waals surface area contributed by atoms with Crippen LogP contribution in [0.1, 0.15) is 6.42 Å². The summed E-state index contributed by atoms with van der Waals surface area (Å²) in [4.78, 5) is 10.8. The van der Waals surface area contributed by atoms with Gasteiger partial charge in [0.1, 0.15) is 6.10 Å². The predicted molar refractivity (Wildman–Crippen MR) is 40.5 cm³/mol. The van der Waals surface area contributed by atoms with Crippen LogP contribution in [0.25, 0.3) is 0 Å². The fraction of sp³-hybridized carbons (Fsp3) is 0.857. The molecule has 0 spiro atoms. The van der Waals surface area contributed by atoms with Crippen LogP contribution in [0.2, 0.25) is 0 Å². The lowest BCUT2D eigenvalue weighted by molar-refractivity contribution is -0.154. The zero-order valence-electron chi connectivity index (χ0n) is 7.02. The van der Waals surface area contributed by atoms with Crippen LogP contribution in [0, 0.1) is 0 Å². The summed E-state index contributed by atoms with van der Waals surface area (Å²) in [6.45, 7) is -0.452. The maximum Gasteiger partial charge on any atom is 0.308 e. The molecule has 0 aliphatic carbocycles. The van der Waals surface area contributed by atoms with Crippen LogP contribution >= 0.6 is 0 Å². The number of aliphatic hydroxyl groups is 2. The Labute approximate surface area is 70.9 Å². The standard InChI is InChI=1S/C7H14O5/c1-11-3-2-7(10)12-6(4-8)5-9/h6,8-9H,2-5H2,1H3. The number of methoxy groups -OCH3 is 1. The molecule has 72 valence electrons. The van der Waals surface area contributed by atoms with Crippen molar-refractivity contribution in [3.63, 3.8) is 0 Å². The number of rotatable bonds is 6. The van der Waals surface area contributed by atoms with Gasteiger partial charge in [-0.05, 0) is 0 Å². The summed E-state index contributed by atoms with van der Waals surface area (Å²) in [5.41, 5.74) is 0. The monoisotopic (exact) mass is 178 g/mol. The van der Waals surface area contributed by atoms with Crippen LogP contribution in [-0.4, -0.2) is 49.2 Å². The second-order valence-corrected chi connectivity index (χ2v) is 2.22. The molecule has 0 aromatic heterocycles. The third kappa shape index (κ3) is 5.06. The van der Waals surface area contributed by atoms with Crippen molar-refractivity contribution in [1.82, 2.24) is 0 Å². The first-order valence-electron chi connectivity index (χ1n) is 3.64. The van der Waals surface area contributed by atoms with Crippen molar-refractivity contribution in [2.24, 2.45) is 0 Å². The van der Waals surface area contributed by atoms with Crippen molar-refractivity contribution in [2.75, 3.05) is 26.9 Å². The molecule has 5 nitrogen and oxygen atoms in total. The van der Waals surface area contributed by atoms with Gasteiger partial charge in [-0.3, -0.25) is 4.79 Å². The van der Waals surface area contributed by atoms with E-state index in [0.717, 1.165) is 0 Å². The van der Waals surface area contributed by atoms with Crippen LogP contribution in [0.4, 0.5) is 0 Å². The van der Waals surface area contributed by atoms with Crippen LogP contribution in [0.5, 0.6) is 0 Å². The van der Waals surface area contributed by atoms with Gasteiger partial charge < -0.3 is 19.7 Å². The van der Waals surface area contributed by atoms with Crippen molar-refractivity contribution in [3.05, 3.63) is 0 Å². The summed E-state index contributed by atoms with van der Waals surface area (Å²) in [6.07, 6.45) is -0.679. The zero-order chi connectivity index (χ0) is 9.40. The topological polar surface area (TPSA) is 76.0 Å². The summed E-state index contributed by atoms with van der Waals surface area (Å²) >= 11 is 0. The van der Waals surface area contributed by atoms with Gasteiger partial charge in [-0.2, -0.15) is 0 Å². The van der Waals surface area contributed by atoms with E-state index in [1.807, 2.05) is 0 Å². The highest BCUT2D eigenvalue weighted by Crippen LogP contribution is 1.94. The number of carbonyl (C=O) groups excluding carboxylic acids is 1. The summed E-state index contributed by atoms with van der Waals surface area (Å²) < 4.78 is 9.27. The summed E-state index contributed by atoms with van der Waals surface area (Å²) in [7, 11) is 1.48. The molecule has 5 heteroatoms. The Kier molecular flexibility index (Phi) is 6.64. The molecule has 0 saturated carbocycles. The summed E-state index contributed by atoms with van der Waals surface area (Å²) in [6, 6.07) is 0. The first kappa shape index (κ1) is 11.4. The molecule has 0 aliphatic rings. The van der Waals surface area contributed by atoms with Gasteiger partial charge in [-0.15, -0.1) is 0 Å². The summed E-state index contributed by atoms with van der Waals surface area (Å²) in [5, 5.41) is 17.1. The minimum Gasteiger partial charge on any atom is -0.457 e. The van der Waals surface area contributed by atoms with Gasteiger partial charge in [0.2, 0.25) is 0 Å². The maximum atomic E-state index is 10.8. The highest BCUT2D eigenvalue weighted by molar-refractivity contribution is 5.69. The lowest BCUT2D eigenvalue weighted by Gasteiger charge is -2.11. The predicted octanol–water partition coefficient (Wildman–Crippen LogP) is -1.08. The molecule has 2 N–H and O–H groups in total. The second-order valence-electron chi connectivity index (χ2n) is 2.22. The quantitative estimate of drug-likeness (QED) is 0.506. The molecular weight excluding hydrogens is 164 g/mol. The molecule has 0 aliphatic heterocycles. The Morgan fingerprint density at radius 2 is 2.00 bits per heavy atom. The molecule has 0 radical (unpaired) electrons. The highest BCUT2D eigenvalue weighted by Gasteiger charge is 2.11. The van der Waals surface area contributed by atoms with Gasteiger partial charge in [0.15, 0.2) is 0 Å². The minimum absolute atomic E-state index is 0.132. The largest absolute Gasteiger partial charge is 0.457 e. The number of hydrogen-bond acceptors (Lipinski definition) is 5. The highest BCUT2D eigenvalue weighted by atomic mass is 16.6. The molecular formula is C7H14O5. The van der Waals surface area contributed by atoms with Gasteiger partial charge in [-0.1, -0.05) is 0 Å². The number of aliphatic hydroxyl groups excluding tert-OH is 2. The lowest BCUT2D eigenvalue weighted by Crippen LogP contribution is -2.25. The van der Waals surface area contributed by atoms with E-state index < -0.39 is 12.1 Å². The van der Waals surface area contributed by atoms with Crippen molar-refractivity contribution in [1.29, 1.82) is 0 Å². The molecule has 0 aromatic carbocycles. The van der Waals surface area contributed by atoms with E-state index in [4.69, 9.17) is 10.2 Å². The Morgan fingerprint density at radius 1 is 1.42 bits per heavy atom. The fourth-order valence-electron chi connectivity index (χ4n) is 0.562. The number of hydrogen-bond donors (Lipinski definition) is 2. The average Bonchev–Trinajstić information content (AvgIpc) is 2.10. The smallest absolute Gasteiger partial charge is 0.308 e. The molecule has 12 heavy (non-hydrogen) atoms. The second kappa shape index (κ2) is 7.02.